The second-order valence-electron chi connectivity index (χ2n) is 8.86. The van der Waals surface area contributed by atoms with Crippen LogP contribution in [0.3, 0.4) is 0 Å². The Labute approximate surface area is 213 Å². The fourth-order valence-corrected chi connectivity index (χ4v) is 5.60. The average molecular weight is 528 g/mol. The number of hydrogen-bond donors (Lipinski definition) is 0. The molecule has 0 aromatic heterocycles. The van der Waals surface area contributed by atoms with Crippen molar-refractivity contribution in [3.63, 3.8) is 0 Å². The highest BCUT2D eigenvalue weighted by molar-refractivity contribution is 9.10. The van der Waals surface area contributed by atoms with Crippen molar-refractivity contribution in [2.45, 2.75) is 5.60 Å². The van der Waals surface area contributed by atoms with Crippen molar-refractivity contribution in [2.75, 3.05) is 38.3 Å². The Hall–Kier alpha value is -3.28. The SMILES string of the molecule is COc1ccc(C2(c3ccc(N4CCOCC4)cc3)C=Cc3c(cc(Br)c4ccccc34)O2)cc1. The largest absolute Gasteiger partial charge is 0.497 e. The topological polar surface area (TPSA) is 30.9 Å². The van der Waals surface area contributed by atoms with Crippen LogP contribution in [0.15, 0.2) is 89.4 Å². The van der Waals surface area contributed by atoms with Gasteiger partial charge in [0, 0.05) is 39.9 Å². The van der Waals surface area contributed by atoms with Crippen molar-refractivity contribution in [1.29, 1.82) is 0 Å². The van der Waals surface area contributed by atoms with Gasteiger partial charge in [0.25, 0.3) is 0 Å². The maximum Gasteiger partial charge on any atom is 0.178 e. The lowest BCUT2D eigenvalue weighted by Crippen LogP contribution is -2.36. The first-order chi connectivity index (χ1) is 17.2. The van der Waals surface area contributed by atoms with Crippen molar-refractivity contribution in [3.05, 3.63) is 106 Å². The van der Waals surface area contributed by atoms with Gasteiger partial charge in [-0.3, -0.25) is 0 Å². The van der Waals surface area contributed by atoms with Gasteiger partial charge in [0.2, 0.25) is 0 Å². The molecular weight excluding hydrogens is 502 g/mol. The van der Waals surface area contributed by atoms with Crippen LogP contribution in [0.2, 0.25) is 0 Å². The highest BCUT2D eigenvalue weighted by Gasteiger charge is 2.38. The summed E-state index contributed by atoms with van der Waals surface area (Å²) >= 11 is 3.76. The molecule has 4 aromatic rings. The Kier molecular flexibility index (Phi) is 5.75. The maximum absolute atomic E-state index is 6.95. The first kappa shape index (κ1) is 22.2. The quantitative estimate of drug-likeness (QED) is 0.292. The fraction of sp³-hybridized carbons (Fsp3) is 0.200. The maximum atomic E-state index is 6.95. The van der Waals surface area contributed by atoms with Gasteiger partial charge in [-0.25, -0.2) is 0 Å². The molecule has 0 aliphatic carbocycles. The summed E-state index contributed by atoms with van der Waals surface area (Å²) in [5.74, 6) is 1.67. The van der Waals surface area contributed by atoms with Gasteiger partial charge in [0.15, 0.2) is 5.60 Å². The number of morpholine rings is 1. The molecule has 1 saturated heterocycles. The minimum Gasteiger partial charge on any atom is -0.497 e. The first-order valence-corrected chi connectivity index (χ1v) is 12.6. The third kappa shape index (κ3) is 3.89. The van der Waals surface area contributed by atoms with Gasteiger partial charge in [-0.2, -0.15) is 0 Å². The molecule has 1 unspecified atom stereocenters. The number of benzene rings is 4. The zero-order valence-electron chi connectivity index (χ0n) is 19.5. The normalized spacial score (nSPS) is 19.3. The van der Waals surface area contributed by atoms with Crippen molar-refractivity contribution in [1.82, 2.24) is 0 Å². The van der Waals surface area contributed by atoms with Gasteiger partial charge >= 0.3 is 0 Å². The predicted molar refractivity (Wildman–Crippen MR) is 145 cm³/mol. The van der Waals surface area contributed by atoms with E-state index < -0.39 is 5.60 Å². The highest BCUT2D eigenvalue weighted by Crippen LogP contribution is 2.46. The molecule has 5 heteroatoms. The van der Waals surface area contributed by atoms with Crippen LogP contribution in [0.25, 0.3) is 16.8 Å². The number of halogens is 1. The minimum absolute atomic E-state index is 0.759. The number of rotatable bonds is 4. The summed E-state index contributed by atoms with van der Waals surface area (Å²) in [5.41, 5.74) is 3.66. The second kappa shape index (κ2) is 9.06. The van der Waals surface area contributed by atoms with Crippen molar-refractivity contribution < 1.29 is 14.2 Å². The minimum atomic E-state index is -0.759. The summed E-state index contributed by atoms with van der Waals surface area (Å²) in [6.45, 7) is 3.35. The standard InChI is InChI=1S/C30H26BrNO3/c1-33-24-12-8-22(9-13-24)30(21-6-10-23(11-7-21)32-16-18-34-19-17-32)15-14-27-25-4-2-3-5-26(25)28(31)20-29(27)35-30/h2-15,20H,16-19H2,1H3. The average Bonchev–Trinajstić information content (AvgIpc) is 2.93. The molecule has 1 fully saturated rings. The van der Waals surface area contributed by atoms with E-state index in [4.69, 9.17) is 14.2 Å². The van der Waals surface area contributed by atoms with E-state index in [9.17, 15) is 0 Å². The van der Waals surface area contributed by atoms with E-state index in [0.717, 1.165) is 59.0 Å². The van der Waals surface area contributed by atoms with Crippen LogP contribution in [0, 0.1) is 0 Å². The van der Waals surface area contributed by atoms with Crippen LogP contribution in [-0.2, 0) is 10.3 Å². The summed E-state index contributed by atoms with van der Waals surface area (Å²) in [7, 11) is 1.69. The Bertz CT molecular complexity index is 1390. The lowest BCUT2D eigenvalue weighted by molar-refractivity contribution is 0.122. The summed E-state index contributed by atoms with van der Waals surface area (Å²) < 4.78 is 18.9. The van der Waals surface area contributed by atoms with E-state index in [-0.39, 0.29) is 0 Å². The van der Waals surface area contributed by atoms with Crippen molar-refractivity contribution in [3.8, 4) is 11.5 Å². The monoisotopic (exact) mass is 527 g/mol. The Morgan fingerprint density at radius 2 is 1.51 bits per heavy atom. The van der Waals surface area contributed by atoms with Gasteiger partial charge in [-0.05, 0) is 53.3 Å². The van der Waals surface area contributed by atoms with E-state index >= 15 is 0 Å². The number of hydrogen-bond acceptors (Lipinski definition) is 4. The summed E-state index contributed by atoms with van der Waals surface area (Å²) in [4.78, 5) is 2.36. The molecule has 6 rings (SSSR count). The summed E-state index contributed by atoms with van der Waals surface area (Å²) in [6, 6.07) is 27.4. The molecule has 2 heterocycles. The van der Waals surface area contributed by atoms with E-state index in [1.54, 1.807) is 7.11 Å². The second-order valence-corrected chi connectivity index (χ2v) is 9.72. The molecule has 2 aliphatic heterocycles. The smallest absolute Gasteiger partial charge is 0.178 e. The zero-order chi connectivity index (χ0) is 23.8. The molecular formula is C30H26BrNO3. The molecule has 0 spiro atoms. The Morgan fingerprint density at radius 3 is 2.20 bits per heavy atom. The lowest BCUT2D eigenvalue weighted by atomic mass is 9.83. The molecule has 4 nitrogen and oxygen atoms in total. The molecule has 2 aliphatic rings. The summed E-state index contributed by atoms with van der Waals surface area (Å²) in [6.07, 6.45) is 4.38. The van der Waals surface area contributed by atoms with Gasteiger partial charge < -0.3 is 19.1 Å². The third-order valence-electron chi connectivity index (χ3n) is 6.94. The van der Waals surface area contributed by atoms with Crippen molar-refractivity contribution in [2.24, 2.45) is 0 Å². The van der Waals surface area contributed by atoms with Crippen molar-refractivity contribution >= 4 is 38.5 Å². The molecule has 1 atom stereocenters. The van der Waals surface area contributed by atoms with Crippen LogP contribution < -0.4 is 14.4 Å². The Balaban J connectivity index is 1.47. The molecule has 0 bridgehead atoms. The van der Waals surface area contributed by atoms with Gasteiger partial charge in [-0.15, -0.1) is 0 Å². The fourth-order valence-electron chi connectivity index (χ4n) is 5.05. The van der Waals surface area contributed by atoms with Crippen LogP contribution in [0.1, 0.15) is 16.7 Å². The van der Waals surface area contributed by atoms with E-state index in [1.807, 2.05) is 12.1 Å². The van der Waals surface area contributed by atoms with Crippen LogP contribution >= 0.6 is 15.9 Å². The number of nitrogens with zero attached hydrogens (tertiary/aromatic N) is 1. The highest BCUT2D eigenvalue weighted by atomic mass is 79.9. The lowest BCUT2D eigenvalue weighted by Gasteiger charge is -2.37. The van der Waals surface area contributed by atoms with E-state index in [1.165, 1.54) is 16.5 Å². The predicted octanol–water partition coefficient (Wildman–Crippen LogP) is 6.80. The molecule has 4 aromatic carbocycles. The zero-order valence-corrected chi connectivity index (χ0v) is 21.1. The molecule has 0 radical (unpaired) electrons. The molecule has 0 amide bonds. The molecule has 0 saturated carbocycles. The molecule has 176 valence electrons. The first-order valence-electron chi connectivity index (χ1n) is 11.9. The Morgan fingerprint density at radius 1 is 0.857 bits per heavy atom. The van der Waals surface area contributed by atoms with Crippen LogP contribution in [0.4, 0.5) is 5.69 Å². The number of ether oxygens (including phenoxy) is 3. The van der Waals surface area contributed by atoms with Crippen LogP contribution in [0.5, 0.6) is 11.5 Å². The third-order valence-corrected chi connectivity index (χ3v) is 7.60. The van der Waals surface area contributed by atoms with Gasteiger partial charge in [0.1, 0.15) is 11.5 Å². The summed E-state index contributed by atoms with van der Waals surface area (Å²) in [5, 5.41) is 2.34. The number of fused-ring (bicyclic) bond motifs is 3. The molecule has 35 heavy (non-hydrogen) atoms. The van der Waals surface area contributed by atoms with E-state index in [2.05, 4.69) is 99.7 Å². The van der Waals surface area contributed by atoms with Gasteiger partial charge in [0.05, 0.1) is 20.3 Å². The van der Waals surface area contributed by atoms with E-state index in [0.29, 0.717) is 0 Å². The van der Waals surface area contributed by atoms with Crippen LogP contribution in [-0.4, -0.2) is 33.4 Å². The number of anilines is 1. The molecule has 0 N–H and O–H groups in total. The van der Waals surface area contributed by atoms with Gasteiger partial charge in [-0.1, -0.05) is 64.5 Å². The number of methoxy groups -OCH3 is 1.